The van der Waals surface area contributed by atoms with Gasteiger partial charge in [-0.05, 0) is 34.5 Å². The second-order valence-corrected chi connectivity index (χ2v) is 5.40. The molecule has 0 radical (unpaired) electrons. The van der Waals surface area contributed by atoms with Crippen LogP contribution in [0.25, 0.3) is 10.8 Å². The monoisotopic (exact) mass is 287 g/mol. The fourth-order valence-corrected chi connectivity index (χ4v) is 2.94. The number of nitrogens with zero attached hydrogens (tertiary/aromatic N) is 1. The third-order valence-corrected chi connectivity index (χ3v) is 4.03. The number of fused-ring (bicyclic) bond motifs is 2. The van der Waals surface area contributed by atoms with Crippen molar-refractivity contribution >= 4 is 28.3 Å². The van der Waals surface area contributed by atoms with E-state index < -0.39 is 0 Å². The number of hydrogen-bond donors (Lipinski definition) is 0. The van der Waals surface area contributed by atoms with Crippen molar-refractivity contribution in [1.29, 1.82) is 0 Å². The molecule has 2 amide bonds. The lowest BCUT2D eigenvalue weighted by atomic mass is 9.97. The predicted molar refractivity (Wildman–Crippen MR) is 85.9 cm³/mol. The summed E-state index contributed by atoms with van der Waals surface area (Å²) in [5.74, 6) is -0.430. The summed E-state index contributed by atoms with van der Waals surface area (Å²) in [6.45, 7) is 0. The maximum atomic E-state index is 12.7. The van der Waals surface area contributed by atoms with E-state index >= 15 is 0 Å². The minimum absolute atomic E-state index is 0.181. The van der Waals surface area contributed by atoms with Gasteiger partial charge in [-0.25, -0.2) is 4.90 Å². The molecule has 0 unspecified atom stereocenters. The lowest BCUT2D eigenvalue weighted by molar-refractivity contribution is -0.117. The number of carbonyl (C=O) groups excluding carboxylic acids is 2. The summed E-state index contributed by atoms with van der Waals surface area (Å²) in [7, 11) is 0. The van der Waals surface area contributed by atoms with Crippen LogP contribution in [0.15, 0.2) is 66.7 Å². The molecular weight excluding hydrogens is 274 g/mol. The van der Waals surface area contributed by atoms with E-state index in [4.69, 9.17) is 0 Å². The first-order valence-corrected chi connectivity index (χ1v) is 7.18. The summed E-state index contributed by atoms with van der Waals surface area (Å²) in [6, 6.07) is 20.8. The van der Waals surface area contributed by atoms with Gasteiger partial charge in [0.15, 0.2) is 0 Å². The quantitative estimate of drug-likeness (QED) is 0.642. The number of rotatable bonds is 1. The molecule has 22 heavy (non-hydrogen) atoms. The molecule has 0 aliphatic carbocycles. The zero-order valence-corrected chi connectivity index (χ0v) is 11.8. The van der Waals surface area contributed by atoms with Crippen molar-refractivity contribution in [2.45, 2.75) is 6.42 Å². The summed E-state index contributed by atoms with van der Waals surface area (Å²) in [6.07, 6.45) is 0.259. The van der Waals surface area contributed by atoms with Gasteiger partial charge in [-0.3, -0.25) is 9.59 Å². The first-order chi connectivity index (χ1) is 10.7. The summed E-state index contributed by atoms with van der Waals surface area (Å²) in [5, 5.41) is 2.10. The highest BCUT2D eigenvalue weighted by molar-refractivity contribution is 6.25. The summed E-state index contributed by atoms with van der Waals surface area (Å²) < 4.78 is 0. The molecule has 0 N–H and O–H groups in total. The lowest BCUT2D eigenvalue weighted by Gasteiger charge is -2.27. The Labute approximate surface area is 127 Å². The SMILES string of the molecule is O=C1Cc2ccccc2C(=O)N1c1ccc2ccccc2c1. The van der Waals surface area contributed by atoms with Gasteiger partial charge < -0.3 is 0 Å². The summed E-state index contributed by atoms with van der Waals surface area (Å²) >= 11 is 0. The lowest BCUT2D eigenvalue weighted by Crippen LogP contribution is -2.42. The standard InChI is InChI=1S/C19H13NO2/c21-18-12-15-7-3-4-8-17(15)19(22)20(18)16-10-9-13-5-1-2-6-14(13)11-16/h1-11H,12H2. The van der Waals surface area contributed by atoms with E-state index in [2.05, 4.69) is 0 Å². The van der Waals surface area contributed by atoms with Crippen LogP contribution in [0.3, 0.4) is 0 Å². The number of amides is 2. The topological polar surface area (TPSA) is 37.4 Å². The van der Waals surface area contributed by atoms with Gasteiger partial charge >= 0.3 is 0 Å². The maximum absolute atomic E-state index is 12.7. The van der Waals surface area contributed by atoms with Gasteiger partial charge in [-0.15, -0.1) is 0 Å². The van der Waals surface area contributed by atoms with E-state index in [0.717, 1.165) is 16.3 Å². The highest BCUT2D eigenvalue weighted by atomic mass is 16.2. The third-order valence-electron chi connectivity index (χ3n) is 4.03. The fourth-order valence-electron chi connectivity index (χ4n) is 2.94. The molecule has 106 valence electrons. The maximum Gasteiger partial charge on any atom is 0.265 e. The van der Waals surface area contributed by atoms with Crippen LogP contribution in [0.5, 0.6) is 0 Å². The first kappa shape index (κ1) is 12.8. The molecule has 3 aromatic carbocycles. The zero-order valence-electron chi connectivity index (χ0n) is 11.8. The minimum Gasteiger partial charge on any atom is -0.274 e. The summed E-state index contributed by atoms with van der Waals surface area (Å²) in [4.78, 5) is 26.4. The number of anilines is 1. The molecule has 1 heterocycles. The number of hydrogen-bond acceptors (Lipinski definition) is 2. The summed E-state index contributed by atoms with van der Waals surface area (Å²) in [5.41, 5.74) is 2.04. The van der Waals surface area contributed by atoms with Crippen molar-refractivity contribution in [2.24, 2.45) is 0 Å². The van der Waals surface area contributed by atoms with Crippen LogP contribution in [0.1, 0.15) is 15.9 Å². The molecule has 0 aromatic heterocycles. The van der Waals surface area contributed by atoms with E-state index in [-0.39, 0.29) is 18.2 Å². The number of carbonyl (C=O) groups is 2. The zero-order chi connectivity index (χ0) is 15.1. The van der Waals surface area contributed by atoms with Gasteiger partial charge in [-0.1, -0.05) is 48.5 Å². The molecule has 1 aliphatic heterocycles. The molecule has 0 bridgehead atoms. The second-order valence-electron chi connectivity index (χ2n) is 5.40. The van der Waals surface area contributed by atoms with Gasteiger partial charge in [-0.2, -0.15) is 0 Å². The molecular formula is C19H13NO2. The van der Waals surface area contributed by atoms with Crippen molar-refractivity contribution < 1.29 is 9.59 Å². The highest BCUT2D eigenvalue weighted by Crippen LogP contribution is 2.28. The smallest absolute Gasteiger partial charge is 0.265 e. The molecule has 0 fully saturated rings. The Balaban J connectivity index is 1.84. The Bertz CT molecular complexity index is 914. The average molecular weight is 287 g/mol. The van der Waals surface area contributed by atoms with Crippen molar-refractivity contribution in [2.75, 3.05) is 4.90 Å². The number of benzene rings is 3. The van der Waals surface area contributed by atoms with Crippen LogP contribution < -0.4 is 4.90 Å². The highest BCUT2D eigenvalue weighted by Gasteiger charge is 2.31. The van der Waals surface area contributed by atoms with E-state index in [9.17, 15) is 9.59 Å². The van der Waals surface area contributed by atoms with Crippen molar-refractivity contribution in [3.63, 3.8) is 0 Å². The van der Waals surface area contributed by atoms with Crippen molar-refractivity contribution in [1.82, 2.24) is 0 Å². The predicted octanol–water partition coefficient (Wildman–Crippen LogP) is 3.57. The van der Waals surface area contributed by atoms with Crippen LogP contribution >= 0.6 is 0 Å². The van der Waals surface area contributed by atoms with Gasteiger partial charge in [0.25, 0.3) is 5.91 Å². The number of imide groups is 1. The van der Waals surface area contributed by atoms with Gasteiger partial charge in [0, 0.05) is 5.56 Å². The molecule has 4 rings (SSSR count). The second kappa shape index (κ2) is 4.81. The molecule has 0 atom stereocenters. The minimum atomic E-state index is -0.248. The average Bonchev–Trinajstić information content (AvgIpc) is 2.55. The Morgan fingerprint density at radius 3 is 2.36 bits per heavy atom. The van der Waals surface area contributed by atoms with Gasteiger partial charge in [0.1, 0.15) is 0 Å². The van der Waals surface area contributed by atoms with E-state index in [1.165, 1.54) is 4.90 Å². The molecule has 3 heteroatoms. The molecule has 3 nitrogen and oxygen atoms in total. The molecule has 0 saturated heterocycles. The van der Waals surface area contributed by atoms with Crippen molar-refractivity contribution in [3.8, 4) is 0 Å². The molecule has 0 saturated carbocycles. The van der Waals surface area contributed by atoms with Crippen LogP contribution in [0.2, 0.25) is 0 Å². The molecule has 3 aromatic rings. The Hall–Kier alpha value is -2.94. The van der Waals surface area contributed by atoms with Crippen LogP contribution in [-0.2, 0) is 11.2 Å². The molecule has 1 aliphatic rings. The third kappa shape index (κ3) is 1.91. The Morgan fingerprint density at radius 2 is 1.50 bits per heavy atom. The Morgan fingerprint density at radius 1 is 0.773 bits per heavy atom. The fraction of sp³-hybridized carbons (Fsp3) is 0.0526. The van der Waals surface area contributed by atoms with E-state index in [0.29, 0.717) is 11.3 Å². The first-order valence-electron chi connectivity index (χ1n) is 7.18. The Kier molecular flexibility index (Phi) is 2.79. The van der Waals surface area contributed by atoms with Gasteiger partial charge in [0.05, 0.1) is 12.1 Å². The van der Waals surface area contributed by atoms with Crippen LogP contribution in [0.4, 0.5) is 5.69 Å². The van der Waals surface area contributed by atoms with E-state index in [1.54, 1.807) is 6.07 Å². The van der Waals surface area contributed by atoms with Gasteiger partial charge in [0.2, 0.25) is 5.91 Å². The van der Waals surface area contributed by atoms with Crippen molar-refractivity contribution in [3.05, 3.63) is 77.9 Å². The van der Waals surface area contributed by atoms with E-state index in [1.807, 2.05) is 60.7 Å². The van der Waals surface area contributed by atoms with Crippen LogP contribution in [-0.4, -0.2) is 11.8 Å². The normalized spacial score (nSPS) is 14.3. The largest absolute Gasteiger partial charge is 0.274 e. The molecule has 0 spiro atoms. The van der Waals surface area contributed by atoms with Crippen LogP contribution in [0, 0.1) is 0 Å².